The van der Waals surface area contributed by atoms with E-state index in [0.29, 0.717) is 17.9 Å². The molecule has 1 aliphatic carbocycles. The van der Waals surface area contributed by atoms with Gasteiger partial charge < -0.3 is 24.8 Å². The first-order chi connectivity index (χ1) is 16.6. The Balaban J connectivity index is 1.56. The summed E-state index contributed by atoms with van der Waals surface area (Å²) < 4.78 is 16.2. The lowest BCUT2D eigenvalue weighted by atomic mass is 9.78. The van der Waals surface area contributed by atoms with Gasteiger partial charge in [-0.2, -0.15) is 0 Å². The summed E-state index contributed by atoms with van der Waals surface area (Å²) in [6.45, 7) is 0. The highest BCUT2D eigenvalue weighted by Gasteiger charge is 2.36. The molecule has 2 atom stereocenters. The van der Waals surface area contributed by atoms with Crippen molar-refractivity contribution in [2.45, 2.75) is 24.8 Å². The van der Waals surface area contributed by atoms with E-state index in [2.05, 4.69) is 10.6 Å². The van der Waals surface area contributed by atoms with E-state index in [1.165, 1.54) is 0 Å². The van der Waals surface area contributed by atoms with Crippen LogP contribution in [0.25, 0.3) is 0 Å². The molecule has 5 rings (SSSR count). The number of carbonyl (C=O) groups excluding carboxylic acids is 1. The topological polar surface area (TPSA) is 68.8 Å². The summed E-state index contributed by atoms with van der Waals surface area (Å²) in [4.78, 5) is 13.7. The number of anilines is 2. The average molecular weight is 457 g/mol. The fourth-order valence-electron chi connectivity index (χ4n) is 4.88. The molecule has 174 valence electrons. The summed E-state index contributed by atoms with van der Waals surface area (Å²) in [5, 5.41) is 7.19. The predicted octanol–water partition coefficient (Wildman–Crippen LogP) is 5.69. The lowest BCUT2D eigenvalue weighted by Crippen LogP contribution is -2.26. The number of rotatable bonds is 5. The first-order valence-corrected chi connectivity index (χ1v) is 11.4. The number of carbonyl (C=O) groups is 1. The lowest BCUT2D eigenvalue weighted by Gasteiger charge is -2.30. The Kier molecular flexibility index (Phi) is 5.88. The molecule has 0 saturated carbocycles. The van der Waals surface area contributed by atoms with E-state index in [1.54, 1.807) is 21.3 Å². The Labute approximate surface area is 199 Å². The average Bonchev–Trinajstić information content (AvgIpc) is 3.05. The Morgan fingerprint density at radius 3 is 2.18 bits per heavy atom. The van der Waals surface area contributed by atoms with Crippen LogP contribution in [0.2, 0.25) is 0 Å². The van der Waals surface area contributed by atoms with Crippen LogP contribution in [-0.4, -0.2) is 27.1 Å². The van der Waals surface area contributed by atoms with Crippen molar-refractivity contribution >= 4 is 17.2 Å². The maximum absolute atomic E-state index is 13.7. The van der Waals surface area contributed by atoms with Crippen LogP contribution >= 0.6 is 0 Å². The molecule has 0 unspecified atom stereocenters. The summed E-state index contributed by atoms with van der Waals surface area (Å²) in [5.74, 6) is 2.31. The van der Waals surface area contributed by atoms with Gasteiger partial charge in [-0.1, -0.05) is 30.3 Å². The highest BCUT2D eigenvalue weighted by molar-refractivity contribution is 6.01. The molecular weight excluding hydrogens is 428 g/mol. The first-order valence-electron chi connectivity index (χ1n) is 11.4. The number of para-hydroxylation sites is 2. The van der Waals surface area contributed by atoms with Crippen molar-refractivity contribution in [3.63, 3.8) is 0 Å². The Hall–Kier alpha value is -3.93. The van der Waals surface area contributed by atoms with Crippen LogP contribution in [-0.2, 0) is 4.79 Å². The molecule has 3 aromatic carbocycles. The van der Waals surface area contributed by atoms with E-state index in [0.717, 1.165) is 45.9 Å². The maximum Gasteiger partial charge on any atom is 0.163 e. The zero-order valence-electron chi connectivity index (χ0n) is 19.6. The SMILES string of the molecule is COc1ccc([C@@H]2Nc3ccccc3NC3=C2C(=O)C[C@H](c2ccc(OC)c(OC)c2)C3)cc1. The second-order valence-corrected chi connectivity index (χ2v) is 8.56. The number of ether oxygens (including phenoxy) is 3. The van der Waals surface area contributed by atoms with Crippen LogP contribution in [0.4, 0.5) is 11.4 Å². The second-order valence-electron chi connectivity index (χ2n) is 8.56. The summed E-state index contributed by atoms with van der Waals surface area (Å²) in [7, 11) is 4.90. The molecule has 0 amide bonds. The summed E-state index contributed by atoms with van der Waals surface area (Å²) in [6, 6.07) is 21.6. The third-order valence-corrected chi connectivity index (χ3v) is 6.64. The molecule has 34 heavy (non-hydrogen) atoms. The highest BCUT2D eigenvalue weighted by Crippen LogP contribution is 2.45. The molecule has 2 N–H and O–H groups in total. The minimum Gasteiger partial charge on any atom is -0.497 e. The Morgan fingerprint density at radius 1 is 0.765 bits per heavy atom. The van der Waals surface area contributed by atoms with Crippen LogP contribution in [0.3, 0.4) is 0 Å². The number of fused-ring (bicyclic) bond motifs is 1. The van der Waals surface area contributed by atoms with E-state index in [1.807, 2.05) is 66.7 Å². The number of benzene rings is 3. The number of ketones is 1. The number of nitrogens with one attached hydrogen (secondary N) is 2. The van der Waals surface area contributed by atoms with E-state index >= 15 is 0 Å². The van der Waals surface area contributed by atoms with Crippen molar-refractivity contribution in [1.82, 2.24) is 0 Å². The standard InChI is InChI=1S/C28H28N2O4/c1-32-20-11-8-17(9-12-20)28-27-23(29-21-6-4-5-7-22(21)30-28)14-19(15-24(27)31)18-10-13-25(33-2)26(16-18)34-3/h4-13,16,19,28-30H,14-15H2,1-3H3/t19-,28+/m1/s1. The molecule has 6 heteroatoms. The van der Waals surface area contributed by atoms with Gasteiger partial charge in [0.25, 0.3) is 0 Å². The molecule has 0 bridgehead atoms. The van der Waals surface area contributed by atoms with Gasteiger partial charge in [0.2, 0.25) is 0 Å². The third kappa shape index (κ3) is 3.96. The number of allylic oxidation sites excluding steroid dienone is 1. The zero-order chi connectivity index (χ0) is 23.7. The van der Waals surface area contributed by atoms with Gasteiger partial charge in [-0.05, 0) is 59.9 Å². The van der Waals surface area contributed by atoms with Crippen molar-refractivity contribution in [1.29, 1.82) is 0 Å². The molecule has 0 spiro atoms. The monoisotopic (exact) mass is 456 g/mol. The molecule has 0 radical (unpaired) electrons. The van der Waals surface area contributed by atoms with Crippen molar-refractivity contribution < 1.29 is 19.0 Å². The molecule has 0 saturated heterocycles. The molecular formula is C28H28N2O4. The summed E-state index contributed by atoms with van der Waals surface area (Å²) >= 11 is 0. The van der Waals surface area contributed by atoms with E-state index in [9.17, 15) is 4.79 Å². The van der Waals surface area contributed by atoms with Crippen molar-refractivity contribution in [2.75, 3.05) is 32.0 Å². The number of hydrogen-bond donors (Lipinski definition) is 2. The van der Waals surface area contributed by atoms with E-state index in [-0.39, 0.29) is 17.7 Å². The third-order valence-electron chi connectivity index (χ3n) is 6.64. The molecule has 2 aliphatic rings. The van der Waals surface area contributed by atoms with Crippen LogP contribution in [0.15, 0.2) is 78.0 Å². The minimum atomic E-state index is -0.254. The highest BCUT2D eigenvalue weighted by atomic mass is 16.5. The van der Waals surface area contributed by atoms with Gasteiger partial charge in [0.05, 0.1) is 38.7 Å². The summed E-state index contributed by atoms with van der Waals surface area (Å²) in [5.41, 5.74) is 5.75. The van der Waals surface area contributed by atoms with Gasteiger partial charge in [-0.25, -0.2) is 0 Å². The van der Waals surface area contributed by atoms with Crippen LogP contribution < -0.4 is 24.8 Å². The quantitative estimate of drug-likeness (QED) is 0.514. The van der Waals surface area contributed by atoms with Gasteiger partial charge in [0, 0.05) is 17.7 Å². The van der Waals surface area contributed by atoms with E-state index < -0.39 is 0 Å². The van der Waals surface area contributed by atoms with Gasteiger partial charge in [0.15, 0.2) is 17.3 Å². The Bertz CT molecular complexity index is 1250. The second kappa shape index (κ2) is 9.14. The van der Waals surface area contributed by atoms with Crippen molar-refractivity contribution in [3.05, 3.63) is 89.1 Å². The van der Waals surface area contributed by atoms with Gasteiger partial charge in [-0.3, -0.25) is 4.79 Å². The van der Waals surface area contributed by atoms with Crippen LogP contribution in [0.1, 0.15) is 35.9 Å². The van der Waals surface area contributed by atoms with Gasteiger partial charge in [-0.15, -0.1) is 0 Å². The number of methoxy groups -OCH3 is 3. The fraction of sp³-hybridized carbons (Fsp3) is 0.250. The van der Waals surface area contributed by atoms with Crippen LogP contribution in [0, 0.1) is 0 Å². The molecule has 0 aromatic heterocycles. The summed E-state index contributed by atoms with van der Waals surface area (Å²) in [6.07, 6.45) is 1.15. The normalized spacial score (nSPS) is 19.2. The molecule has 0 fully saturated rings. The van der Waals surface area contributed by atoms with Crippen molar-refractivity contribution in [2.24, 2.45) is 0 Å². The molecule has 1 heterocycles. The minimum absolute atomic E-state index is 0.0420. The number of Topliss-reactive ketones (excluding diaryl/α,β-unsaturated/α-hetero) is 1. The predicted molar refractivity (Wildman–Crippen MR) is 133 cm³/mol. The van der Waals surface area contributed by atoms with Crippen molar-refractivity contribution in [3.8, 4) is 17.2 Å². The maximum atomic E-state index is 13.7. The Morgan fingerprint density at radius 2 is 1.47 bits per heavy atom. The first kappa shape index (κ1) is 21.9. The smallest absolute Gasteiger partial charge is 0.163 e. The lowest BCUT2D eigenvalue weighted by molar-refractivity contribution is -0.116. The fourth-order valence-corrected chi connectivity index (χ4v) is 4.88. The van der Waals surface area contributed by atoms with Gasteiger partial charge >= 0.3 is 0 Å². The van der Waals surface area contributed by atoms with Gasteiger partial charge in [0.1, 0.15) is 5.75 Å². The molecule has 6 nitrogen and oxygen atoms in total. The van der Waals surface area contributed by atoms with Crippen LogP contribution in [0.5, 0.6) is 17.2 Å². The van der Waals surface area contributed by atoms with E-state index in [4.69, 9.17) is 14.2 Å². The molecule has 3 aromatic rings. The largest absolute Gasteiger partial charge is 0.497 e. The number of hydrogen-bond acceptors (Lipinski definition) is 6. The zero-order valence-corrected chi connectivity index (χ0v) is 19.6. The molecule has 1 aliphatic heterocycles.